The monoisotopic (exact) mass is 288 g/mol. The molecule has 1 saturated heterocycles. The van der Waals surface area contributed by atoms with Gasteiger partial charge in [0.1, 0.15) is 0 Å². The van der Waals surface area contributed by atoms with Crippen LogP contribution in [-0.4, -0.2) is 43.8 Å². The highest BCUT2D eigenvalue weighted by molar-refractivity contribution is 5.36. The number of ether oxygens (including phenoxy) is 1. The molecule has 3 rings (SSSR count). The first-order chi connectivity index (χ1) is 10.2. The molecular weight excluding hydrogens is 260 g/mol. The first-order valence-corrected chi connectivity index (χ1v) is 8.33. The third kappa shape index (κ3) is 2.87. The number of methoxy groups -OCH3 is 1. The topological polar surface area (TPSA) is 24.5 Å². The van der Waals surface area contributed by atoms with E-state index in [2.05, 4.69) is 48.3 Å². The van der Waals surface area contributed by atoms with Crippen LogP contribution in [0.2, 0.25) is 0 Å². The van der Waals surface area contributed by atoms with E-state index in [0.717, 1.165) is 13.1 Å². The molecule has 0 aromatic heterocycles. The lowest BCUT2D eigenvalue weighted by Gasteiger charge is -2.42. The Morgan fingerprint density at radius 1 is 1.29 bits per heavy atom. The van der Waals surface area contributed by atoms with Gasteiger partial charge in [-0.05, 0) is 36.4 Å². The number of rotatable bonds is 4. The van der Waals surface area contributed by atoms with Gasteiger partial charge in [-0.1, -0.05) is 38.1 Å². The summed E-state index contributed by atoms with van der Waals surface area (Å²) >= 11 is 0. The highest BCUT2D eigenvalue weighted by Crippen LogP contribution is 2.40. The van der Waals surface area contributed by atoms with E-state index in [1.54, 1.807) is 0 Å². The predicted molar refractivity (Wildman–Crippen MR) is 86.7 cm³/mol. The quantitative estimate of drug-likeness (QED) is 0.922. The van der Waals surface area contributed by atoms with E-state index in [-0.39, 0.29) is 0 Å². The van der Waals surface area contributed by atoms with Crippen molar-refractivity contribution in [1.29, 1.82) is 0 Å². The molecule has 3 heteroatoms. The molecular formula is C18H28N2O. The number of nitrogens with zero attached hydrogens (tertiary/aromatic N) is 1. The summed E-state index contributed by atoms with van der Waals surface area (Å²) in [6, 6.07) is 10.0. The van der Waals surface area contributed by atoms with Gasteiger partial charge in [-0.3, -0.25) is 4.90 Å². The van der Waals surface area contributed by atoms with Crippen LogP contribution in [-0.2, 0) is 4.74 Å². The molecule has 1 aliphatic carbocycles. The number of fused-ring (bicyclic) bond motifs is 1. The molecule has 0 radical (unpaired) electrons. The number of hydrogen-bond acceptors (Lipinski definition) is 3. The Hall–Kier alpha value is -0.900. The first kappa shape index (κ1) is 15.0. The van der Waals surface area contributed by atoms with Crippen molar-refractivity contribution in [2.75, 3.05) is 26.7 Å². The van der Waals surface area contributed by atoms with Crippen molar-refractivity contribution in [3.05, 3.63) is 35.4 Å². The molecule has 1 aromatic rings. The average molecular weight is 288 g/mol. The normalized spacial score (nSPS) is 33.1. The molecule has 4 unspecified atom stereocenters. The second-order valence-electron chi connectivity index (χ2n) is 6.51. The van der Waals surface area contributed by atoms with Gasteiger partial charge in [0.05, 0.1) is 6.10 Å². The average Bonchev–Trinajstić information content (AvgIpc) is 2.99. The van der Waals surface area contributed by atoms with E-state index >= 15 is 0 Å². The van der Waals surface area contributed by atoms with Crippen LogP contribution in [0, 0.1) is 0 Å². The van der Waals surface area contributed by atoms with Gasteiger partial charge in [-0.25, -0.2) is 0 Å². The summed E-state index contributed by atoms with van der Waals surface area (Å²) < 4.78 is 5.56. The lowest BCUT2D eigenvalue weighted by molar-refractivity contribution is 0.0901. The van der Waals surface area contributed by atoms with Crippen LogP contribution in [0.3, 0.4) is 0 Å². The molecule has 1 heterocycles. The van der Waals surface area contributed by atoms with Gasteiger partial charge in [0, 0.05) is 32.3 Å². The minimum absolute atomic E-state index is 0.416. The molecule has 1 fully saturated rings. The molecule has 1 aromatic carbocycles. The number of hydrogen-bond donors (Lipinski definition) is 1. The Labute approximate surface area is 128 Å². The summed E-state index contributed by atoms with van der Waals surface area (Å²) in [5, 5.41) is 3.74. The van der Waals surface area contributed by atoms with Crippen molar-refractivity contribution in [3.63, 3.8) is 0 Å². The maximum Gasteiger partial charge on any atom is 0.0710 e. The Morgan fingerprint density at radius 3 is 2.71 bits per heavy atom. The van der Waals surface area contributed by atoms with E-state index in [0.29, 0.717) is 24.1 Å². The zero-order valence-corrected chi connectivity index (χ0v) is 13.5. The Bertz CT molecular complexity index is 476. The maximum absolute atomic E-state index is 5.56. The Balaban J connectivity index is 1.87. The zero-order valence-electron chi connectivity index (χ0n) is 13.5. The summed E-state index contributed by atoms with van der Waals surface area (Å²) in [6.07, 6.45) is 2.83. The fourth-order valence-electron chi connectivity index (χ4n) is 4.15. The Morgan fingerprint density at radius 2 is 2.05 bits per heavy atom. The summed E-state index contributed by atoms with van der Waals surface area (Å²) in [7, 11) is 1.84. The van der Waals surface area contributed by atoms with Crippen LogP contribution in [0.25, 0.3) is 0 Å². The van der Waals surface area contributed by atoms with E-state index in [1.165, 1.54) is 30.5 Å². The molecule has 0 saturated carbocycles. The first-order valence-electron chi connectivity index (χ1n) is 8.33. The standard InChI is InChI=1S/C18H28N2O/c1-4-19-18-16-8-6-5-7-15(16)13(2)11-17(18)20-10-9-14(12-20)21-3/h5-8,13-14,17-19H,4,9-12H2,1-3H3. The van der Waals surface area contributed by atoms with Crippen LogP contribution in [0.15, 0.2) is 24.3 Å². The molecule has 1 N–H and O–H groups in total. The lowest BCUT2D eigenvalue weighted by atomic mass is 9.77. The SMILES string of the molecule is CCNC1c2ccccc2C(C)CC1N1CCC(OC)C1. The van der Waals surface area contributed by atoms with Gasteiger partial charge in [0.15, 0.2) is 0 Å². The molecule has 4 atom stereocenters. The van der Waals surface area contributed by atoms with Crippen LogP contribution >= 0.6 is 0 Å². The summed E-state index contributed by atoms with van der Waals surface area (Å²) in [5.41, 5.74) is 3.03. The van der Waals surface area contributed by atoms with E-state index in [1.807, 2.05) is 7.11 Å². The van der Waals surface area contributed by atoms with Crippen LogP contribution < -0.4 is 5.32 Å². The molecule has 0 amide bonds. The van der Waals surface area contributed by atoms with Crippen molar-refractivity contribution in [1.82, 2.24) is 10.2 Å². The zero-order chi connectivity index (χ0) is 14.8. The van der Waals surface area contributed by atoms with Crippen molar-refractivity contribution in [3.8, 4) is 0 Å². The fraction of sp³-hybridized carbons (Fsp3) is 0.667. The van der Waals surface area contributed by atoms with Gasteiger partial charge in [-0.15, -0.1) is 0 Å². The number of likely N-dealkylation sites (tertiary alicyclic amines) is 1. The fourth-order valence-corrected chi connectivity index (χ4v) is 4.15. The molecule has 2 aliphatic rings. The van der Waals surface area contributed by atoms with Gasteiger partial charge < -0.3 is 10.1 Å². The van der Waals surface area contributed by atoms with Crippen molar-refractivity contribution < 1.29 is 4.74 Å². The second-order valence-corrected chi connectivity index (χ2v) is 6.51. The molecule has 3 nitrogen and oxygen atoms in total. The van der Waals surface area contributed by atoms with Gasteiger partial charge >= 0.3 is 0 Å². The minimum Gasteiger partial charge on any atom is -0.380 e. The van der Waals surface area contributed by atoms with Gasteiger partial charge in [0.25, 0.3) is 0 Å². The molecule has 0 spiro atoms. The summed E-state index contributed by atoms with van der Waals surface area (Å²) in [4.78, 5) is 2.65. The van der Waals surface area contributed by atoms with E-state index in [4.69, 9.17) is 4.74 Å². The lowest BCUT2D eigenvalue weighted by Crippen LogP contribution is -2.47. The molecule has 1 aliphatic heterocycles. The second kappa shape index (κ2) is 6.47. The van der Waals surface area contributed by atoms with Crippen molar-refractivity contribution in [2.45, 2.75) is 50.8 Å². The molecule has 0 bridgehead atoms. The third-order valence-corrected chi connectivity index (χ3v) is 5.24. The van der Waals surface area contributed by atoms with Crippen LogP contribution in [0.5, 0.6) is 0 Å². The smallest absolute Gasteiger partial charge is 0.0710 e. The molecule has 116 valence electrons. The van der Waals surface area contributed by atoms with E-state index < -0.39 is 0 Å². The summed E-state index contributed by atoms with van der Waals surface area (Å²) in [5.74, 6) is 0.641. The minimum atomic E-state index is 0.416. The van der Waals surface area contributed by atoms with Crippen LogP contribution in [0.1, 0.15) is 49.8 Å². The van der Waals surface area contributed by atoms with Crippen LogP contribution in [0.4, 0.5) is 0 Å². The molecule has 21 heavy (non-hydrogen) atoms. The largest absolute Gasteiger partial charge is 0.380 e. The number of benzene rings is 1. The third-order valence-electron chi connectivity index (χ3n) is 5.24. The maximum atomic E-state index is 5.56. The van der Waals surface area contributed by atoms with Crippen molar-refractivity contribution in [2.24, 2.45) is 0 Å². The van der Waals surface area contributed by atoms with E-state index in [9.17, 15) is 0 Å². The summed E-state index contributed by atoms with van der Waals surface area (Å²) in [6.45, 7) is 7.85. The van der Waals surface area contributed by atoms with Gasteiger partial charge in [0.2, 0.25) is 0 Å². The number of nitrogens with one attached hydrogen (secondary N) is 1. The highest BCUT2D eigenvalue weighted by Gasteiger charge is 2.38. The van der Waals surface area contributed by atoms with Crippen molar-refractivity contribution >= 4 is 0 Å². The number of likely N-dealkylation sites (N-methyl/N-ethyl adjacent to an activating group) is 1. The predicted octanol–water partition coefficient (Wildman–Crippen LogP) is 2.93. The Kier molecular flexibility index (Phi) is 4.63. The highest BCUT2D eigenvalue weighted by atomic mass is 16.5. The van der Waals surface area contributed by atoms with Gasteiger partial charge in [-0.2, -0.15) is 0 Å².